The Hall–Kier alpha value is -2.17. The molecule has 0 aliphatic carbocycles. The summed E-state index contributed by atoms with van der Waals surface area (Å²) in [5.74, 6) is -0.421. The van der Waals surface area contributed by atoms with E-state index in [0.717, 1.165) is 18.6 Å². The minimum absolute atomic E-state index is 0.106. The van der Waals surface area contributed by atoms with Crippen LogP contribution in [0.5, 0.6) is 0 Å². The standard InChI is InChI=1S/C21H36N4O6S/c1-21(2,3)31-20(30)22-11-7-6-8-13(18(27)28)23-16(26)10-5-4-9-15-17-14(12-32-15)24-19(29)25-17/h13-15,17H,4-12H2,1-3H3,(H,22,30)(H,23,26)(H,27,28)(H2,24,25,29)/t13-,14-,15-,17-/m0/s1. The van der Waals surface area contributed by atoms with E-state index in [1.807, 2.05) is 11.8 Å². The highest BCUT2D eigenvalue weighted by Crippen LogP contribution is 2.33. The maximum Gasteiger partial charge on any atom is 0.407 e. The number of hydrogen-bond acceptors (Lipinski definition) is 6. The molecule has 32 heavy (non-hydrogen) atoms. The van der Waals surface area contributed by atoms with Gasteiger partial charge in [-0.3, -0.25) is 4.79 Å². The topological polar surface area (TPSA) is 146 Å². The Morgan fingerprint density at radius 2 is 1.94 bits per heavy atom. The average molecular weight is 473 g/mol. The number of urea groups is 1. The van der Waals surface area contributed by atoms with Crippen LogP contribution in [0.3, 0.4) is 0 Å². The van der Waals surface area contributed by atoms with E-state index in [1.165, 1.54) is 0 Å². The molecule has 2 aliphatic rings. The zero-order chi connectivity index (χ0) is 23.7. The molecule has 2 heterocycles. The molecule has 2 aliphatic heterocycles. The summed E-state index contributed by atoms with van der Waals surface area (Å²) in [6.45, 7) is 5.72. The van der Waals surface area contributed by atoms with Crippen molar-refractivity contribution >= 4 is 35.8 Å². The predicted octanol–water partition coefficient (Wildman–Crippen LogP) is 1.98. The fourth-order valence-corrected chi connectivity index (χ4v) is 5.32. The van der Waals surface area contributed by atoms with Gasteiger partial charge in [-0.1, -0.05) is 6.42 Å². The van der Waals surface area contributed by atoms with Crippen LogP contribution in [-0.2, 0) is 14.3 Å². The molecule has 5 N–H and O–H groups in total. The number of carboxylic acid groups (broad SMARTS) is 1. The molecule has 11 heteroatoms. The van der Waals surface area contributed by atoms with Crippen molar-refractivity contribution in [3.05, 3.63) is 0 Å². The molecule has 2 saturated heterocycles. The zero-order valence-corrected chi connectivity index (χ0v) is 19.9. The Balaban J connectivity index is 1.57. The van der Waals surface area contributed by atoms with E-state index in [1.54, 1.807) is 20.8 Å². The number of fused-ring (bicyclic) bond motifs is 1. The van der Waals surface area contributed by atoms with Crippen LogP contribution in [0.25, 0.3) is 0 Å². The van der Waals surface area contributed by atoms with Crippen LogP contribution in [-0.4, -0.2) is 70.4 Å². The van der Waals surface area contributed by atoms with Crippen molar-refractivity contribution in [3.63, 3.8) is 0 Å². The van der Waals surface area contributed by atoms with Crippen LogP contribution in [0.15, 0.2) is 0 Å². The Morgan fingerprint density at radius 3 is 2.62 bits per heavy atom. The van der Waals surface area contributed by atoms with Crippen molar-refractivity contribution < 1.29 is 29.0 Å². The first-order valence-electron chi connectivity index (χ1n) is 11.2. The van der Waals surface area contributed by atoms with E-state index in [9.17, 15) is 24.3 Å². The van der Waals surface area contributed by atoms with Gasteiger partial charge in [0.25, 0.3) is 0 Å². The van der Waals surface area contributed by atoms with Gasteiger partial charge in [-0.25, -0.2) is 14.4 Å². The zero-order valence-electron chi connectivity index (χ0n) is 19.1. The van der Waals surface area contributed by atoms with Gasteiger partial charge in [0.15, 0.2) is 0 Å². The smallest absolute Gasteiger partial charge is 0.407 e. The summed E-state index contributed by atoms with van der Waals surface area (Å²) in [6.07, 6.45) is 3.64. The molecule has 0 aromatic carbocycles. The normalized spacial score (nSPS) is 23.0. The van der Waals surface area contributed by atoms with Crippen LogP contribution in [0.1, 0.15) is 65.7 Å². The van der Waals surface area contributed by atoms with Crippen molar-refractivity contribution in [1.29, 1.82) is 0 Å². The molecule has 4 atom stereocenters. The summed E-state index contributed by atoms with van der Waals surface area (Å²) in [5.41, 5.74) is -0.565. The first-order valence-corrected chi connectivity index (χ1v) is 12.3. The Bertz CT molecular complexity index is 684. The molecule has 0 unspecified atom stereocenters. The van der Waals surface area contributed by atoms with E-state index in [-0.39, 0.29) is 30.4 Å². The maximum atomic E-state index is 12.2. The number of amides is 4. The Morgan fingerprint density at radius 1 is 1.19 bits per heavy atom. The van der Waals surface area contributed by atoms with Crippen LogP contribution in [0.2, 0.25) is 0 Å². The number of ether oxygens (including phenoxy) is 1. The second kappa shape index (κ2) is 12.2. The third-order valence-electron chi connectivity index (χ3n) is 5.30. The highest BCUT2D eigenvalue weighted by atomic mass is 32.2. The first kappa shape index (κ1) is 26.1. The molecule has 0 saturated carbocycles. The maximum absolute atomic E-state index is 12.2. The fourth-order valence-electron chi connectivity index (χ4n) is 3.78. The van der Waals surface area contributed by atoms with Gasteiger partial charge in [-0.05, 0) is 52.9 Å². The lowest BCUT2D eigenvalue weighted by molar-refractivity contribution is -0.142. The molecule has 2 rings (SSSR count). The summed E-state index contributed by atoms with van der Waals surface area (Å²) in [7, 11) is 0. The molecular formula is C21H36N4O6S. The third-order valence-corrected chi connectivity index (χ3v) is 6.81. The summed E-state index contributed by atoms with van der Waals surface area (Å²) in [5, 5.41) is 20.8. The largest absolute Gasteiger partial charge is 0.480 e. The molecule has 0 radical (unpaired) electrons. The van der Waals surface area contributed by atoms with Crippen LogP contribution in [0.4, 0.5) is 9.59 Å². The minimum atomic E-state index is -1.06. The summed E-state index contributed by atoms with van der Waals surface area (Å²) >= 11 is 1.84. The predicted molar refractivity (Wildman–Crippen MR) is 122 cm³/mol. The number of carbonyl (C=O) groups excluding carboxylic acids is 3. The minimum Gasteiger partial charge on any atom is -0.480 e. The van der Waals surface area contributed by atoms with Crippen molar-refractivity contribution in [2.45, 2.75) is 94.7 Å². The van der Waals surface area contributed by atoms with Crippen molar-refractivity contribution in [2.75, 3.05) is 12.3 Å². The van der Waals surface area contributed by atoms with Gasteiger partial charge in [-0.15, -0.1) is 0 Å². The van der Waals surface area contributed by atoms with E-state index in [2.05, 4.69) is 21.3 Å². The molecule has 0 aromatic rings. The van der Waals surface area contributed by atoms with Crippen molar-refractivity contribution in [2.24, 2.45) is 0 Å². The third kappa shape index (κ3) is 9.13. The van der Waals surface area contributed by atoms with Gasteiger partial charge in [-0.2, -0.15) is 11.8 Å². The number of hydrogen-bond donors (Lipinski definition) is 5. The lowest BCUT2D eigenvalue weighted by Crippen LogP contribution is -2.40. The fraction of sp³-hybridized carbons (Fsp3) is 0.810. The molecular weight excluding hydrogens is 436 g/mol. The van der Waals surface area contributed by atoms with Gasteiger partial charge in [0.05, 0.1) is 12.1 Å². The average Bonchev–Trinajstić information content (AvgIpc) is 3.21. The number of thioether (sulfide) groups is 1. The van der Waals surface area contributed by atoms with E-state index >= 15 is 0 Å². The van der Waals surface area contributed by atoms with Gasteiger partial charge in [0.2, 0.25) is 5.91 Å². The Labute approximate surface area is 193 Å². The van der Waals surface area contributed by atoms with E-state index in [0.29, 0.717) is 37.5 Å². The summed E-state index contributed by atoms with van der Waals surface area (Å²) < 4.78 is 5.14. The van der Waals surface area contributed by atoms with Gasteiger partial charge < -0.3 is 31.1 Å². The Kier molecular flexibility index (Phi) is 9.92. The number of aliphatic carboxylic acids is 1. The second-order valence-corrected chi connectivity index (χ2v) is 10.5. The molecule has 0 aromatic heterocycles. The van der Waals surface area contributed by atoms with E-state index in [4.69, 9.17) is 4.74 Å². The highest BCUT2D eigenvalue weighted by Gasteiger charge is 2.42. The van der Waals surface area contributed by atoms with Crippen LogP contribution >= 0.6 is 11.8 Å². The number of rotatable bonds is 12. The number of carbonyl (C=O) groups is 4. The van der Waals surface area contributed by atoms with Gasteiger partial charge in [0, 0.05) is 24.0 Å². The molecule has 4 amide bonds. The summed E-state index contributed by atoms with van der Waals surface area (Å²) in [4.78, 5) is 46.6. The molecule has 0 spiro atoms. The lowest BCUT2D eigenvalue weighted by Gasteiger charge is -2.19. The first-order chi connectivity index (χ1) is 15.0. The second-order valence-electron chi connectivity index (χ2n) is 9.25. The summed E-state index contributed by atoms with van der Waals surface area (Å²) in [6, 6.07) is -0.695. The molecule has 182 valence electrons. The van der Waals surface area contributed by atoms with Crippen molar-refractivity contribution in [1.82, 2.24) is 21.3 Å². The SMILES string of the molecule is CC(C)(C)OC(=O)NCCCC[C@H](NC(=O)CCCC[C@@H]1SC[C@@H]2NC(=O)N[C@@H]21)C(=O)O. The van der Waals surface area contributed by atoms with Crippen LogP contribution < -0.4 is 21.3 Å². The lowest BCUT2D eigenvalue weighted by atomic mass is 10.0. The highest BCUT2D eigenvalue weighted by molar-refractivity contribution is 8.00. The molecule has 10 nitrogen and oxygen atoms in total. The number of carboxylic acids is 1. The van der Waals surface area contributed by atoms with Gasteiger partial charge >= 0.3 is 18.1 Å². The van der Waals surface area contributed by atoms with Gasteiger partial charge in [0.1, 0.15) is 11.6 Å². The van der Waals surface area contributed by atoms with Crippen LogP contribution in [0, 0.1) is 0 Å². The monoisotopic (exact) mass is 472 g/mol. The van der Waals surface area contributed by atoms with E-state index < -0.39 is 23.7 Å². The quantitative estimate of drug-likeness (QED) is 0.216. The number of unbranched alkanes of at least 4 members (excludes halogenated alkanes) is 2. The molecule has 2 fully saturated rings. The van der Waals surface area contributed by atoms with Crippen molar-refractivity contribution in [3.8, 4) is 0 Å². The molecule has 0 bridgehead atoms. The number of nitrogens with one attached hydrogen (secondary N) is 4. The number of alkyl carbamates (subject to hydrolysis) is 1.